The summed E-state index contributed by atoms with van der Waals surface area (Å²) >= 11 is 0. The van der Waals surface area contributed by atoms with E-state index in [1.54, 1.807) is 24.3 Å². The van der Waals surface area contributed by atoms with E-state index in [4.69, 9.17) is 27.0 Å². The number of hydrogen-bond acceptors (Lipinski definition) is 3. The molecule has 0 unspecified atom stereocenters. The number of furan rings is 3. The highest BCUT2D eigenvalue weighted by Crippen LogP contribution is 2.55. The molecule has 3 nitrogen and oxygen atoms in total. The lowest BCUT2D eigenvalue weighted by atomic mass is 9.82. The number of fused-ring (bicyclic) bond motifs is 18. The van der Waals surface area contributed by atoms with Gasteiger partial charge in [-0.25, -0.2) is 0 Å². The first-order valence-electron chi connectivity index (χ1n) is 37.1. The van der Waals surface area contributed by atoms with Crippen molar-refractivity contribution in [3.05, 3.63) is 296 Å². The Balaban J connectivity index is 0.000000149. The van der Waals surface area contributed by atoms with Crippen LogP contribution in [0.5, 0.6) is 0 Å². The van der Waals surface area contributed by atoms with Crippen molar-refractivity contribution in [2.45, 2.75) is 38.9 Å². The summed E-state index contributed by atoms with van der Waals surface area (Å²) in [5, 5.41) is 10.9. The minimum atomic E-state index is -1.77. The molecule has 15 aromatic carbocycles. The van der Waals surface area contributed by atoms with Gasteiger partial charge in [-0.3, -0.25) is 0 Å². The molecule has 18 aromatic rings. The van der Waals surface area contributed by atoms with E-state index in [9.17, 15) is 2.74 Å². The van der Waals surface area contributed by atoms with E-state index in [1.807, 2.05) is 115 Å². The minimum Gasteiger partial charge on any atom is -0.455 e. The van der Waals surface area contributed by atoms with Gasteiger partial charge in [0.1, 0.15) is 22.3 Å². The molecule has 0 spiro atoms. The second kappa shape index (κ2) is 20.5. The fourth-order valence-corrected chi connectivity index (χ4v) is 15.8. The average molecular weight is 1210 g/mol. The van der Waals surface area contributed by atoms with Crippen LogP contribution in [-0.4, -0.2) is 8.07 Å². The zero-order valence-electron chi connectivity index (χ0n) is 62.9. The Kier molecular flexibility index (Phi) is 9.54. The standard InChI is InChI=1S/C44H26O2.C44H36OSi/c1-2-10-28(11-3-1)41-33-13-4-6-15-35(33)42(36-16-7-5-14-34(36)41)29-20-18-27(19-21-29)30-22-23-32-38-25-24-37-31-12-8-9-17-39(31)45-43(37)44(38)46-40(32)26-30;1-44(2)36-20-12-11-18-32(36)42-37(44)25-24-34-41-33(19-13-21-38(41)45-43(34)42)40-30-17-10-9-16-29(30)39(27-14-7-6-8-15-27)35-26-28(46(3,4)5)22-23-31(35)40/h1-26H;6-26H,1-5H3/i4D,5D,6D,7D,13D,14D,15D,16D;9D,10D,16D,17D. The molecule has 0 saturated heterocycles. The van der Waals surface area contributed by atoms with Crippen LogP contribution in [0.4, 0.5) is 0 Å². The molecule has 3 aromatic heterocycles. The maximum atomic E-state index is 9.44. The summed E-state index contributed by atoms with van der Waals surface area (Å²) in [6.07, 6.45) is 0. The largest absolute Gasteiger partial charge is 0.455 e. The fourth-order valence-electron chi connectivity index (χ4n) is 14.7. The molecule has 0 fully saturated rings. The molecule has 436 valence electrons. The Hall–Kier alpha value is -11.0. The van der Waals surface area contributed by atoms with Gasteiger partial charge in [0.2, 0.25) is 0 Å². The van der Waals surface area contributed by atoms with Crippen LogP contribution in [0.15, 0.2) is 298 Å². The van der Waals surface area contributed by atoms with Gasteiger partial charge in [0.25, 0.3) is 0 Å². The Morgan fingerprint density at radius 1 is 0.293 bits per heavy atom. The highest BCUT2D eigenvalue weighted by atomic mass is 28.3. The SMILES string of the molecule is [2H]c1c([2H])c([2H])c2c(-c3ccc(-c4ccc5c(c4)oc4c5ccc5c6ccccc6oc54)cc3)c3c([2H])c([2H])c([2H])c([2H])c3c(-c3ccccc3)c2c1[2H].[2H]c1c([2H])c([2H])c2c(-c3cccc4oc5c6c(ccc5c34)C(C)(C)c3ccccc3-6)c3ccc([Si](C)(C)C)cc3c(-c3ccccc3)c2c1[2H]. The van der Waals surface area contributed by atoms with Gasteiger partial charge in [-0.05, 0) is 152 Å². The van der Waals surface area contributed by atoms with E-state index in [0.717, 1.165) is 98.8 Å². The first-order chi connectivity index (χ1) is 50.0. The van der Waals surface area contributed by atoms with Crippen LogP contribution in [-0.2, 0) is 5.41 Å². The molecule has 0 atom stereocenters. The zero-order valence-corrected chi connectivity index (χ0v) is 51.9. The Labute approximate surface area is 550 Å². The van der Waals surface area contributed by atoms with Crippen molar-refractivity contribution in [3.63, 3.8) is 0 Å². The maximum absolute atomic E-state index is 9.44. The molecule has 0 N–H and O–H groups in total. The Morgan fingerprint density at radius 3 is 1.38 bits per heavy atom. The first-order valence-corrected chi connectivity index (χ1v) is 34.6. The third kappa shape index (κ3) is 8.20. The van der Waals surface area contributed by atoms with Crippen molar-refractivity contribution < 1.29 is 29.7 Å². The van der Waals surface area contributed by atoms with E-state index in [0.29, 0.717) is 49.8 Å². The molecule has 0 bridgehead atoms. The number of hydrogen-bond donors (Lipinski definition) is 0. The third-order valence-electron chi connectivity index (χ3n) is 19.1. The smallest absolute Gasteiger partial charge is 0.178 e. The molecule has 0 amide bonds. The summed E-state index contributed by atoms with van der Waals surface area (Å²) in [4.78, 5) is 0. The minimum absolute atomic E-state index is 0.0257. The van der Waals surface area contributed by atoms with Crippen molar-refractivity contribution in [2.24, 2.45) is 0 Å². The highest BCUT2D eigenvalue weighted by molar-refractivity contribution is 6.88. The van der Waals surface area contributed by atoms with Crippen LogP contribution in [0.1, 0.15) is 41.4 Å². The van der Waals surface area contributed by atoms with Crippen molar-refractivity contribution in [3.8, 4) is 66.8 Å². The average Bonchev–Trinajstić information content (AvgIpc) is 1.02. The van der Waals surface area contributed by atoms with Gasteiger partial charge in [0, 0.05) is 43.3 Å². The van der Waals surface area contributed by atoms with Crippen LogP contribution in [0, 0.1) is 0 Å². The molecule has 0 aliphatic heterocycles. The quantitative estimate of drug-likeness (QED) is 0.123. The van der Waals surface area contributed by atoms with Gasteiger partial charge in [-0.15, -0.1) is 0 Å². The lowest BCUT2D eigenvalue weighted by Crippen LogP contribution is -2.37. The van der Waals surface area contributed by atoms with Gasteiger partial charge in [-0.1, -0.05) is 287 Å². The lowest BCUT2D eigenvalue weighted by molar-refractivity contribution is 0.633. The van der Waals surface area contributed by atoms with Gasteiger partial charge in [0.15, 0.2) is 11.2 Å². The van der Waals surface area contributed by atoms with E-state index in [1.165, 1.54) is 21.9 Å². The maximum Gasteiger partial charge on any atom is 0.178 e. The molecule has 0 saturated carbocycles. The topological polar surface area (TPSA) is 39.4 Å². The van der Waals surface area contributed by atoms with Gasteiger partial charge < -0.3 is 13.3 Å². The monoisotopic (exact) mass is 1210 g/mol. The summed E-state index contributed by atoms with van der Waals surface area (Å²) in [5.74, 6) is 0. The van der Waals surface area contributed by atoms with Gasteiger partial charge >= 0.3 is 0 Å². The summed E-state index contributed by atoms with van der Waals surface area (Å²) in [5.41, 5.74) is 16.1. The van der Waals surface area contributed by atoms with Crippen LogP contribution < -0.4 is 5.19 Å². The normalized spacial score (nSPS) is 14.8. The predicted molar refractivity (Wildman–Crippen MR) is 392 cm³/mol. The Morgan fingerprint density at radius 2 is 0.750 bits per heavy atom. The molecule has 4 heteroatoms. The second-order valence-corrected chi connectivity index (χ2v) is 30.7. The first kappa shape index (κ1) is 42.8. The van der Waals surface area contributed by atoms with Gasteiger partial charge in [0.05, 0.1) is 24.5 Å². The summed E-state index contributed by atoms with van der Waals surface area (Å²) in [6.45, 7) is 11.5. The molecule has 0 radical (unpaired) electrons. The van der Waals surface area contributed by atoms with Crippen LogP contribution in [0.3, 0.4) is 0 Å². The number of rotatable bonds is 6. The predicted octanol–water partition coefficient (Wildman–Crippen LogP) is 24.9. The van der Waals surface area contributed by atoms with E-state index >= 15 is 0 Å². The number of para-hydroxylation sites is 1. The number of benzene rings is 15. The van der Waals surface area contributed by atoms with Crippen molar-refractivity contribution >= 4 is 122 Å². The van der Waals surface area contributed by atoms with Gasteiger partial charge in [-0.2, -0.15) is 0 Å². The lowest BCUT2D eigenvalue weighted by Gasteiger charge is -2.22. The second-order valence-electron chi connectivity index (χ2n) is 25.6. The molecule has 19 rings (SSSR count). The zero-order chi connectivity index (χ0) is 72.0. The fraction of sp³-hybridized carbons (Fsp3) is 0.0682. The highest BCUT2D eigenvalue weighted by Gasteiger charge is 2.38. The van der Waals surface area contributed by atoms with Crippen molar-refractivity contribution in [1.29, 1.82) is 0 Å². The summed E-state index contributed by atoms with van der Waals surface area (Å²) in [7, 11) is -1.77. The summed E-state index contributed by atoms with van der Waals surface area (Å²) < 4.78 is 127. The molecule has 3 heterocycles. The third-order valence-corrected chi connectivity index (χ3v) is 21.1. The van der Waals surface area contributed by atoms with Crippen LogP contribution in [0.2, 0.25) is 19.6 Å². The molecule has 1 aliphatic rings. The van der Waals surface area contributed by atoms with E-state index in [2.05, 4.69) is 106 Å². The molecular formula is C88H62O3Si. The Bertz CT molecular complexity index is 6730. The van der Waals surface area contributed by atoms with E-state index in [-0.39, 0.29) is 75.3 Å². The van der Waals surface area contributed by atoms with Crippen LogP contribution in [0.25, 0.3) is 176 Å². The van der Waals surface area contributed by atoms with Crippen molar-refractivity contribution in [1.82, 2.24) is 0 Å². The van der Waals surface area contributed by atoms with E-state index < -0.39 is 32.2 Å². The molecule has 1 aliphatic carbocycles. The van der Waals surface area contributed by atoms with Crippen molar-refractivity contribution in [2.75, 3.05) is 0 Å². The van der Waals surface area contributed by atoms with Crippen LogP contribution >= 0.6 is 0 Å². The summed E-state index contributed by atoms with van der Waals surface area (Å²) in [6, 6.07) is 67.0. The molecular weight excluding hydrogens is 1130 g/mol. The molecule has 92 heavy (non-hydrogen) atoms.